The maximum Gasteiger partial charge on any atom is 0.416 e. The summed E-state index contributed by atoms with van der Waals surface area (Å²) >= 11 is 11.9. The summed E-state index contributed by atoms with van der Waals surface area (Å²) in [7, 11) is 0. The summed E-state index contributed by atoms with van der Waals surface area (Å²) in [6.07, 6.45) is -4.54. The highest BCUT2D eigenvalue weighted by Gasteiger charge is 2.31. The maximum absolute atomic E-state index is 12.9. The minimum atomic E-state index is -4.54. The molecule has 0 spiro atoms. The molecule has 0 fully saturated rings. The molecule has 1 N–H and O–H groups in total. The van der Waals surface area contributed by atoms with E-state index >= 15 is 0 Å². The number of halogens is 5. The molecule has 0 saturated carbocycles. The van der Waals surface area contributed by atoms with Crippen molar-refractivity contribution in [3.63, 3.8) is 0 Å². The zero-order valence-corrected chi connectivity index (χ0v) is 15.6. The van der Waals surface area contributed by atoms with E-state index in [0.717, 1.165) is 12.1 Å². The lowest BCUT2D eigenvalue weighted by Crippen LogP contribution is -2.14. The predicted molar refractivity (Wildman–Crippen MR) is 102 cm³/mol. The van der Waals surface area contributed by atoms with E-state index < -0.39 is 17.6 Å². The average molecular weight is 426 g/mol. The molecule has 1 amide bonds. The quantitative estimate of drug-likeness (QED) is 0.485. The van der Waals surface area contributed by atoms with Crippen LogP contribution in [0.2, 0.25) is 10.0 Å². The Hall–Kier alpha value is -2.70. The number of carbonyl (C=O) groups excluding carboxylic acids is 1. The summed E-state index contributed by atoms with van der Waals surface area (Å²) in [6.45, 7) is 0. The van der Waals surface area contributed by atoms with Crippen molar-refractivity contribution in [2.75, 3.05) is 5.32 Å². The van der Waals surface area contributed by atoms with Crippen LogP contribution in [0.15, 0.2) is 66.7 Å². The van der Waals surface area contributed by atoms with Gasteiger partial charge in [0.25, 0.3) is 5.91 Å². The lowest BCUT2D eigenvalue weighted by molar-refractivity contribution is -0.137. The van der Waals surface area contributed by atoms with E-state index in [9.17, 15) is 18.0 Å². The SMILES string of the molecule is O=C(Nc1ccccc1Oc1ccc(Cl)cc1Cl)c1cccc(C(F)(F)F)c1. The number of nitrogens with one attached hydrogen (secondary N) is 1. The molecule has 0 heterocycles. The minimum absolute atomic E-state index is 0.130. The first-order valence-corrected chi connectivity index (χ1v) is 8.70. The summed E-state index contributed by atoms with van der Waals surface area (Å²) in [5.41, 5.74) is -0.761. The van der Waals surface area contributed by atoms with Gasteiger partial charge < -0.3 is 10.1 Å². The zero-order chi connectivity index (χ0) is 20.3. The van der Waals surface area contributed by atoms with E-state index in [1.807, 2.05) is 0 Å². The number of hydrogen-bond acceptors (Lipinski definition) is 2. The van der Waals surface area contributed by atoms with E-state index in [0.29, 0.717) is 10.8 Å². The van der Waals surface area contributed by atoms with Crippen LogP contribution in [0.4, 0.5) is 18.9 Å². The number of amides is 1. The molecule has 144 valence electrons. The van der Waals surface area contributed by atoms with Gasteiger partial charge in [0.2, 0.25) is 0 Å². The molecule has 0 unspecified atom stereocenters. The fourth-order valence-electron chi connectivity index (χ4n) is 2.37. The Morgan fingerprint density at radius 1 is 0.893 bits per heavy atom. The van der Waals surface area contributed by atoms with Gasteiger partial charge in [0.15, 0.2) is 5.75 Å². The fraction of sp³-hybridized carbons (Fsp3) is 0.0500. The van der Waals surface area contributed by atoms with Crippen LogP contribution < -0.4 is 10.1 Å². The second kappa shape index (κ2) is 8.12. The van der Waals surface area contributed by atoms with Gasteiger partial charge in [-0.25, -0.2) is 0 Å². The normalized spacial score (nSPS) is 11.2. The largest absolute Gasteiger partial charge is 0.454 e. The number of hydrogen-bond donors (Lipinski definition) is 1. The van der Waals surface area contributed by atoms with Crippen LogP contribution >= 0.6 is 23.2 Å². The van der Waals surface area contributed by atoms with Crippen LogP contribution in [0.3, 0.4) is 0 Å². The van der Waals surface area contributed by atoms with Crippen LogP contribution in [0, 0.1) is 0 Å². The highest BCUT2D eigenvalue weighted by atomic mass is 35.5. The zero-order valence-electron chi connectivity index (χ0n) is 14.1. The summed E-state index contributed by atoms with van der Waals surface area (Å²) in [5, 5.41) is 3.26. The topological polar surface area (TPSA) is 38.3 Å². The van der Waals surface area contributed by atoms with Gasteiger partial charge in [0, 0.05) is 10.6 Å². The number of alkyl halides is 3. The number of para-hydroxylation sites is 2. The van der Waals surface area contributed by atoms with Gasteiger partial charge in [-0.1, -0.05) is 41.4 Å². The Morgan fingerprint density at radius 3 is 2.36 bits per heavy atom. The van der Waals surface area contributed by atoms with Crippen molar-refractivity contribution in [1.82, 2.24) is 0 Å². The average Bonchev–Trinajstić information content (AvgIpc) is 2.65. The van der Waals surface area contributed by atoms with Crippen molar-refractivity contribution in [2.45, 2.75) is 6.18 Å². The van der Waals surface area contributed by atoms with E-state index in [4.69, 9.17) is 27.9 Å². The summed E-state index contributed by atoms with van der Waals surface area (Å²) < 4.78 is 44.3. The number of benzene rings is 3. The van der Waals surface area contributed by atoms with Crippen molar-refractivity contribution < 1.29 is 22.7 Å². The minimum Gasteiger partial charge on any atom is -0.454 e. The fourth-order valence-corrected chi connectivity index (χ4v) is 2.81. The molecule has 3 aromatic rings. The van der Waals surface area contributed by atoms with Gasteiger partial charge in [0.05, 0.1) is 16.3 Å². The van der Waals surface area contributed by atoms with Crippen LogP contribution in [-0.4, -0.2) is 5.91 Å². The van der Waals surface area contributed by atoms with E-state index in [-0.39, 0.29) is 22.0 Å². The van der Waals surface area contributed by atoms with Gasteiger partial charge in [-0.15, -0.1) is 0 Å². The van der Waals surface area contributed by atoms with Gasteiger partial charge in [-0.3, -0.25) is 4.79 Å². The van der Waals surface area contributed by atoms with Crippen LogP contribution in [0.5, 0.6) is 11.5 Å². The second-order valence-corrected chi connectivity index (χ2v) is 6.55. The molecule has 3 nitrogen and oxygen atoms in total. The third-order valence-electron chi connectivity index (χ3n) is 3.70. The summed E-state index contributed by atoms with van der Waals surface area (Å²) in [4.78, 5) is 12.4. The first-order chi connectivity index (χ1) is 13.2. The molecule has 0 aliphatic heterocycles. The third-order valence-corrected chi connectivity index (χ3v) is 4.23. The number of rotatable bonds is 4. The second-order valence-electron chi connectivity index (χ2n) is 5.71. The van der Waals surface area contributed by atoms with E-state index in [2.05, 4.69) is 5.32 Å². The first-order valence-electron chi connectivity index (χ1n) is 7.94. The lowest BCUT2D eigenvalue weighted by atomic mass is 10.1. The first kappa shape index (κ1) is 20.0. The molecule has 3 rings (SSSR count). The van der Waals surface area contributed by atoms with E-state index in [1.165, 1.54) is 18.2 Å². The summed E-state index contributed by atoms with van der Waals surface area (Å²) in [6, 6.07) is 15.3. The molecule has 0 aliphatic rings. The number of anilines is 1. The van der Waals surface area contributed by atoms with Gasteiger partial charge in [-0.05, 0) is 48.5 Å². The molecule has 0 aromatic heterocycles. The molecule has 28 heavy (non-hydrogen) atoms. The maximum atomic E-state index is 12.9. The molecular weight excluding hydrogens is 414 g/mol. The van der Waals surface area contributed by atoms with Crippen LogP contribution in [0.1, 0.15) is 15.9 Å². The molecule has 0 atom stereocenters. The van der Waals surface area contributed by atoms with Gasteiger partial charge in [-0.2, -0.15) is 13.2 Å². The standard InChI is InChI=1S/C20H12Cl2F3NO2/c21-14-8-9-17(15(22)11-14)28-18-7-2-1-6-16(18)26-19(27)12-4-3-5-13(10-12)20(23,24)25/h1-11H,(H,26,27). The summed E-state index contributed by atoms with van der Waals surface area (Å²) in [5.74, 6) is -0.122. The third kappa shape index (κ3) is 4.77. The molecule has 3 aromatic carbocycles. The van der Waals surface area contributed by atoms with Crippen molar-refractivity contribution in [3.05, 3.63) is 87.9 Å². The smallest absolute Gasteiger partial charge is 0.416 e. The number of carbonyl (C=O) groups is 1. The highest BCUT2D eigenvalue weighted by molar-refractivity contribution is 6.35. The van der Waals surface area contributed by atoms with Gasteiger partial charge >= 0.3 is 6.18 Å². The molecule has 8 heteroatoms. The monoisotopic (exact) mass is 425 g/mol. The van der Waals surface area contributed by atoms with E-state index in [1.54, 1.807) is 36.4 Å². The Bertz CT molecular complexity index is 1020. The lowest BCUT2D eigenvalue weighted by Gasteiger charge is -2.14. The molecule has 0 saturated heterocycles. The Kier molecular flexibility index (Phi) is 5.82. The van der Waals surface area contributed by atoms with Crippen LogP contribution in [0.25, 0.3) is 0 Å². The van der Waals surface area contributed by atoms with Gasteiger partial charge in [0.1, 0.15) is 5.75 Å². The Balaban J connectivity index is 1.84. The predicted octanol–water partition coefficient (Wildman–Crippen LogP) is 7.06. The van der Waals surface area contributed by atoms with Crippen molar-refractivity contribution in [2.24, 2.45) is 0 Å². The Morgan fingerprint density at radius 2 is 1.64 bits per heavy atom. The van der Waals surface area contributed by atoms with Crippen molar-refractivity contribution in [1.29, 1.82) is 0 Å². The van der Waals surface area contributed by atoms with Crippen molar-refractivity contribution in [3.8, 4) is 11.5 Å². The molecular formula is C20H12Cl2F3NO2. The van der Waals surface area contributed by atoms with Crippen LogP contribution in [-0.2, 0) is 6.18 Å². The molecule has 0 bridgehead atoms. The Labute approximate surface area is 168 Å². The highest BCUT2D eigenvalue weighted by Crippen LogP contribution is 2.35. The van der Waals surface area contributed by atoms with Crippen molar-refractivity contribution >= 4 is 34.8 Å². The number of ether oxygens (including phenoxy) is 1. The molecule has 0 aliphatic carbocycles. The molecule has 0 radical (unpaired) electrons.